The quantitative estimate of drug-likeness (QED) is 0.706. The molecule has 1 aromatic rings. The van der Waals surface area contributed by atoms with Gasteiger partial charge in [0.15, 0.2) is 5.78 Å². The minimum atomic E-state index is 0.280. The van der Waals surface area contributed by atoms with Crippen LogP contribution in [0.3, 0.4) is 0 Å². The third-order valence-corrected chi connectivity index (χ3v) is 3.84. The number of Topliss-reactive ketones (excluding diaryl/α,β-unsaturated/α-hetero) is 1. The van der Waals surface area contributed by atoms with Gasteiger partial charge in [-0.15, -0.1) is 0 Å². The Balaban J connectivity index is 2.04. The second kappa shape index (κ2) is 5.48. The van der Waals surface area contributed by atoms with Crippen LogP contribution in [0.2, 0.25) is 0 Å². The predicted octanol–water partition coefficient (Wildman–Crippen LogP) is 4.26. The van der Waals surface area contributed by atoms with Crippen molar-refractivity contribution in [2.24, 2.45) is 11.8 Å². The van der Waals surface area contributed by atoms with Crippen molar-refractivity contribution in [3.63, 3.8) is 0 Å². The molecular formula is C16H22O. The number of benzene rings is 1. The van der Waals surface area contributed by atoms with Crippen LogP contribution in [-0.4, -0.2) is 5.78 Å². The van der Waals surface area contributed by atoms with Crippen LogP contribution in [-0.2, 0) is 6.42 Å². The molecular weight excluding hydrogens is 208 g/mol. The summed E-state index contributed by atoms with van der Waals surface area (Å²) in [7, 11) is 0. The second-order valence-electron chi connectivity index (χ2n) is 5.43. The Morgan fingerprint density at radius 3 is 2.47 bits per heavy atom. The Kier molecular flexibility index (Phi) is 3.98. The summed E-state index contributed by atoms with van der Waals surface area (Å²) in [6.07, 6.45) is 5.64. The van der Waals surface area contributed by atoms with Crippen molar-refractivity contribution >= 4 is 5.78 Å². The van der Waals surface area contributed by atoms with E-state index in [1.54, 1.807) is 0 Å². The topological polar surface area (TPSA) is 17.1 Å². The summed E-state index contributed by atoms with van der Waals surface area (Å²) in [5.74, 6) is 1.36. The molecule has 1 saturated carbocycles. The third kappa shape index (κ3) is 2.96. The smallest absolute Gasteiger partial charge is 0.165 e. The molecule has 17 heavy (non-hydrogen) atoms. The van der Waals surface area contributed by atoms with Gasteiger partial charge in [-0.25, -0.2) is 0 Å². The average molecular weight is 230 g/mol. The molecule has 1 aliphatic rings. The maximum atomic E-state index is 12.3. The first-order chi connectivity index (χ1) is 8.20. The van der Waals surface area contributed by atoms with E-state index in [1.807, 2.05) is 12.1 Å². The number of carbonyl (C=O) groups excluding carboxylic acids is 1. The molecule has 1 heteroatoms. The summed E-state index contributed by atoms with van der Waals surface area (Å²) in [5, 5.41) is 0. The van der Waals surface area contributed by atoms with Crippen molar-refractivity contribution < 1.29 is 4.79 Å². The largest absolute Gasteiger partial charge is 0.294 e. The lowest BCUT2D eigenvalue weighted by Gasteiger charge is -2.09. The standard InChI is InChI=1S/C16H22O/c1-3-4-13-6-9-14(10-7-13)16(17)15-8-5-12(2)11-15/h6-7,9-10,12,15H,3-5,8,11H2,1-2H3. The fourth-order valence-corrected chi connectivity index (χ4v) is 2.81. The highest BCUT2D eigenvalue weighted by molar-refractivity contribution is 5.98. The first-order valence-electron chi connectivity index (χ1n) is 6.84. The van der Waals surface area contributed by atoms with Crippen LogP contribution in [0.1, 0.15) is 55.5 Å². The van der Waals surface area contributed by atoms with Crippen LogP contribution in [0.4, 0.5) is 0 Å². The zero-order chi connectivity index (χ0) is 12.3. The van der Waals surface area contributed by atoms with Gasteiger partial charge < -0.3 is 0 Å². The molecule has 1 fully saturated rings. The predicted molar refractivity (Wildman–Crippen MR) is 71.3 cm³/mol. The first kappa shape index (κ1) is 12.3. The van der Waals surface area contributed by atoms with Gasteiger partial charge in [-0.1, -0.05) is 44.5 Å². The Labute approximate surface area is 104 Å². The summed E-state index contributed by atoms with van der Waals surface area (Å²) in [6, 6.07) is 8.23. The number of hydrogen-bond acceptors (Lipinski definition) is 1. The molecule has 0 saturated heterocycles. The van der Waals surface area contributed by atoms with E-state index in [1.165, 1.54) is 12.0 Å². The number of aryl methyl sites for hydroxylation is 1. The lowest BCUT2D eigenvalue weighted by Crippen LogP contribution is -2.11. The van der Waals surface area contributed by atoms with Gasteiger partial charge in [0.1, 0.15) is 0 Å². The number of hydrogen-bond donors (Lipinski definition) is 0. The third-order valence-electron chi connectivity index (χ3n) is 3.84. The lowest BCUT2D eigenvalue weighted by atomic mass is 9.94. The van der Waals surface area contributed by atoms with E-state index in [-0.39, 0.29) is 5.92 Å². The Morgan fingerprint density at radius 2 is 1.94 bits per heavy atom. The van der Waals surface area contributed by atoms with E-state index in [0.29, 0.717) is 5.78 Å². The molecule has 2 rings (SSSR count). The molecule has 0 amide bonds. The molecule has 0 aromatic heterocycles. The van der Waals surface area contributed by atoms with Crippen LogP contribution in [0.25, 0.3) is 0 Å². The summed E-state index contributed by atoms with van der Waals surface area (Å²) >= 11 is 0. The van der Waals surface area contributed by atoms with Crippen LogP contribution in [0.15, 0.2) is 24.3 Å². The van der Waals surface area contributed by atoms with Crippen LogP contribution in [0, 0.1) is 11.8 Å². The molecule has 2 unspecified atom stereocenters. The second-order valence-corrected chi connectivity index (χ2v) is 5.43. The van der Waals surface area contributed by atoms with Crippen LogP contribution < -0.4 is 0 Å². The zero-order valence-corrected chi connectivity index (χ0v) is 10.9. The number of rotatable bonds is 4. The van der Waals surface area contributed by atoms with Gasteiger partial charge >= 0.3 is 0 Å². The van der Waals surface area contributed by atoms with Gasteiger partial charge in [0, 0.05) is 11.5 Å². The summed E-state index contributed by atoms with van der Waals surface area (Å²) in [6.45, 7) is 4.43. The van der Waals surface area contributed by atoms with Crippen LogP contribution >= 0.6 is 0 Å². The molecule has 1 aliphatic carbocycles. The fourth-order valence-electron chi connectivity index (χ4n) is 2.81. The normalized spacial score (nSPS) is 23.9. The first-order valence-corrected chi connectivity index (χ1v) is 6.84. The molecule has 0 heterocycles. The van der Waals surface area contributed by atoms with Gasteiger partial charge in [-0.2, -0.15) is 0 Å². The van der Waals surface area contributed by atoms with Crippen molar-refractivity contribution in [2.45, 2.75) is 46.0 Å². The van der Waals surface area contributed by atoms with Crippen molar-refractivity contribution in [1.29, 1.82) is 0 Å². The minimum Gasteiger partial charge on any atom is -0.294 e. The van der Waals surface area contributed by atoms with E-state index in [4.69, 9.17) is 0 Å². The highest BCUT2D eigenvalue weighted by Crippen LogP contribution is 2.32. The molecule has 0 spiro atoms. The monoisotopic (exact) mass is 230 g/mol. The van der Waals surface area contributed by atoms with Crippen molar-refractivity contribution in [3.8, 4) is 0 Å². The molecule has 1 aromatic carbocycles. The molecule has 0 aliphatic heterocycles. The average Bonchev–Trinajstić information content (AvgIpc) is 2.76. The van der Waals surface area contributed by atoms with Gasteiger partial charge in [0.05, 0.1) is 0 Å². The van der Waals surface area contributed by atoms with E-state index >= 15 is 0 Å². The summed E-state index contributed by atoms with van der Waals surface area (Å²) in [4.78, 5) is 12.3. The summed E-state index contributed by atoms with van der Waals surface area (Å²) in [5.41, 5.74) is 2.24. The number of carbonyl (C=O) groups is 1. The maximum Gasteiger partial charge on any atom is 0.165 e. The van der Waals surface area contributed by atoms with Crippen molar-refractivity contribution in [3.05, 3.63) is 35.4 Å². The van der Waals surface area contributed by atoms with Gasteiger partial charge in [-0.3, -0.25) is 4.79 Å². The van der Waals surface area contributed by atoms with E-state index in [9.17, 15) is 4.79 Å². The minimum absolute atomic E-state index is 0.280. The number of ketones is 1. The molecule has 0 N–H and O–H groups in total. The highest BCUT2D eigenvalue weighted by atomic mass is 16.1. The Bertz CT molecular complexity index is 377. The molecule has 1 nitrogen and oxygen atoms in total. The van der Waals surface area contributed by atoms with Crippen LogP contribution in [0.5, 0.6) is 0 Å². The van der Waals surface area contributed by atoms with E-state index in [0.717, 1.165) is 37.2 Å². The highest BCUT2D eigenvalue weighted by Gasteiger charge is 2.27. The zero-order valence-electron chi connectivity index (χ0n) is 10.9. The Morgan fingerprint density at radius 1 is 1.24 bits per heavy atom. The van der Waals surface area contributed by atoms with Crippen molar-refractivity contribution in [2.75, 3.05) is 0 Å². The van der Waals surface area contributed by atoms with Gasteiger partial charge in [-0.05, 0) is 37.2 Å². The molecule has 0 bridgehead atoms. The lowest BCUT2D eigenvalue weighted by molar-refractivity contribution is 0.0920. The molecule has 0 radical (unpaired) electrons. The summed E-state index contributed by atoms with van der Waals surface area (Å²) < 4.78 is 0. The van der Waals surface area contributed by atoms with E-state index < -0.39 is 0 Å². The SMILES string of the molecule is CCCc1ccc(C(=O)C2CCC(C)C2)cc1. The van der Waals surface area contributed by atoms with Crippen molar-refractivity contribution in [1.82, 2.24) is 0 Å². The van der Waals surface area contributed by atoms with Gasteiger partial charge in [0.25, 0.3) is 0 Å². The fraction of sp³-hybridized carbons (Fsp3) is 0.562. The molecule has 92 valence electrons. The maximum absolute atomic E-state index is 12.3. The molecule has 2 atom stereocenters. The van der Waals surface area contributed by atoms with Gasteiger partial charge in [0.2, 0.25) is 0 Å². The Hall–Kier alpha value is -1.11. The van der Waals surface area contributed by atoms with E-state index in [2.05, 4.69) is 26.0 Å².